The van der Waals surface area contributed by atoms with Crippen molar-refractivity contribution in [3.63, 3.8) is 0 Å². The average Bonchev–Trinajstić information content (AvgIpc) is 2.66. The number of nitrogens with one attached hydrogen (secondary N) is 1. The molecule has 0 bridgehead atoms. The average molecular weight is 197 g/mol. The first kappa shape index (κ1) is 10.3. The van der Waals surface area contributed by atoms with Crippen LogP contribution in [0.3, 0.4) is 0 Å². The molecule has 1 rings (SSSR count). The molecule has 0 atom stereocenters. The number of rotatable bonds is 4. The lowest BCUT2D eigenvalue weighted by atomic mass is 10.2. The molecule has 0 unspecified atom stereocenters. The van der Waals surface area contributed by atoms with Crippen LogP contribution < -0.4 is 5.32 Å². The number of thiophene rings is 1. The lowest BCUT2D eigenvalue weighted by Crippen LogP contribution is -2.33. The topological polar surface area (TPSA) is 29.1 Å². The normalized spacial score (nSPS) is 10.4. The second-order valence-corrected chi connectivity index (χ2v) is 3.91. The maximum Gasteiger partial charge on any atom is 0.261 e. The quantitative estimate of drug-likeness (QED) is 0.790. The van der Waals surface area contributed by atoms with E-state index in [0.29, 0.717) is 6.04 Å². The predicted octanol–water partition coefficient (Wildman–Crippen LogP) is 2.67. The summed E-state index contributed by atoms with van der Waals surface area (Å²) in [5.74, 6) is 0.0590. The zero-order valence-corrected chi connectivity index (χ0v) is 8.86. The number of carbonyl (C=O) groups excluding carboxylic acids is 1. The Morgan fingerprint density at radius 2 is 2.23 bits per heavy atom. The zero-order valence-electron chi connectivity index (χ0n) is 8.04. The van der Waals surface area contributed by atoms with Crippen LogP contribution in [0.5, 0.6) is 0 Å². The number of hydrogen-bond acceptors (Lipinski definition) is 2. The summed E-state index contributed by atoms with van der Waals surface area (Å²) in [6.07, 6.45) is 1.99. The molecule has 1 N–H and O–H groups in total. The van der Waals surface area contributed by atoms with Crippen LogP contribution in [0.15, 0.2) is 17.5 Å². The highest BCUT2D eigenvalue weighted by molar-refractivity contribution is 7.12. The third-order valence-electron chi connectivity index (χ3n) is 2.07. The summed E-state index contributed by atoms with van der Waals surface area (Å²) in [6, 6.07) is 4.06. The lowest BCUT2D eigenvalue weighted by Gasteiger charge is -2.13. The first-order chi connectivity index (χ1) is 6.27. The molecule has 0 spiro atoms. The van der Waals surface area contributed by atoms with Crippen LogP contribution in [-0.2, 0) is 0 Å². The SMILES string of the molecule is CCC(CC)NC(=O)c1cccs1. The molecule has 1 amide bonds. The van der Waals surface area contributed by atoms with Gasteiger partial charge in [-0.15, -0.1) is 11.3 Å². The van der Waals surface area contributed by atoms with E-state index in [1.54, 1.807) is 0 Å². The molecule has 72 valence electrons. The van der Waals surface area contributed by atoms with Crippen molar-refractivity contribution in [3.8, 4) is 0 Å². The van der Waals surface area contributed by atoms with Crippen LogP contribution in [0.25, 0.3) is 0 Å². The highest BCUT2D eigenvalue weighted by Gasteiger charge is 2.10. The molecular weight excluding hydrogens is 182 g/mol. The monoisotopic (exact) mass is 197 g/mol. The zero-order chi connectivity index (χ0) is 9.68. The minimum Gasteiger partial charge on any atom is -0.349 e. The van der Waals surface area contributed by atoms with Crippen LogP contribution in [0.4, 0.5) is 0 Å². The van der Waals surface area contributed by atoms with Crippen molar-refractivity contribution < 1.29 is 4.79 Å². The Kier molecular flexibility index (Phi) is 3.96. The Bertz CT molecular complexity index is 252. The van der Waals surface area contributed by atoms with Gasteiger partial charge in [0.25, 0.3) is 5.91 Å². The summed E-state index contributed by atoms with van der Waals surface area (Å²) in [7, 11) is 0. The van der Waals surface area contributed by atoms with Crippen molar-refractivity contribution in [1.82, 2.24) is 5.32 Å². The summed E-state index contributed by atoms with van der Waals surface area (Å²) in [5, 5.41) is 4.91. The first-order valence-corrected chi connectivity index (χ1v) is 5.50. The largest absolute Gasteiger partial charge is 0.349 e. The number of carbonyl (C=O) groups is 1. The highest BCUT2D eigenvalue weighted by atomic mass is 32.1. The maximum atomic E-state index is 11.5. The van der Waals surface area contributed by atoms with Gasteiger partial charge in [-0.2, -0.15) is 0 Å². The van der Waals surface area contributed by atoms with E-state index in [9.17, 15) is 4.79 Å². The van der Waals surface area contributed by atoms with Gasteiger partial charge in [0.1, 0.15) is 0 Å². The summed E-state index contributed by atoms with van der Waals surface area (Å²) in [6.45, 7) is 4.17. The van der Waals surface area contributed by atoms with E-state index in [0.717, 1.165) is 17.7 Å². The van der Waals surface area contributed by atoms with Gasteiger partial charge in [-0.1, -0.05) is 19.9 Å². The van der Waals surface area contributed by atoms with Gasteiger partial charge in [0.2, 0.25) is 0 Å². The fourth-order valence-corrected chi connectivity index (χ4v) is 1.78. The van der Waals surface area contributed by atoms with Gasteiger partial charge in [0.15, 0.2) is 0 Å². The second kappa shape index (κ2) is 5.02. The van der Waals surface area contributed by atoms with Crippen molar-refractivity contribution >= 4 is 17.2 Å². The van der Waals surface area contributed by atoms with Crippen molar-refractivity contribution in [1.29, 1.82) is 0 Å². The molecule has 0 aliphatic rings. The Morgan fingerprint density at radius 1 is 1.54 bits per heavy atom. The smallest absolute Gasteiger partial charge is 0.261 e. The summed E-state index contributed by atoms with van der Waals surface area (Å²) >= 11 is 1.48. The number of hydrogen-bond donors (Lipinski definition) is 1. The molecule has 1 heterocycles. The fourth-order valence-electron chi connectivity index (χ4n) is 1.16. The van der Waals surface area contributed by atoms with Gasteiger partial charge in [-0.3, -0.25) is 4.79 Å². The molecule has 0 aliphatic heterocycles. The molecule has 0 saturated heterocycles. The Balaban J connectivity index is 2.50. The molecule has 2 nitrogen and oxygen atoms in total. The number of amides is 1. The van der Waals surface area contributed by atoms with E-state index >= 15 is 0 Å². The van der Waals surface area contributed by atoms with Crippen molar-refractivity contribution in [2.24, 2.45) is 0 Å². The summed E-state index contributed by atoms with van der Waals surface area (Å²) in [5.41, 5.74) is 0. The summed E-state index contributed by atoms with van der Waals surface area (Å²) < 4.78 is 0. The van der Waals surface area contributed by atoms with Gasteiger partial charge in [-0.25, -0.2) is 0 Å². The molecular formula is C10H15NOS. The van der Waals surface area contributed by atoms with Crippen LogP contribution in [0, 0.1) is 0 Å². The van der Waals surface area contributed by atoms with Crippen molar-refractivity contribution in [2.75, 3.05) is 0 Å². The third kappa shape index (κ3) is 2.84. The maximum absolute atomic E-state index is 11.5. The van der Waals surface area contributed by atoms with E-state index in [1.165, 1.54) is 11.3 Å². The minimum absolute atomic E-state index is 0.0590. The molecule has 13 heavy (non-hydrogen) atoms. The van der Waals surface area contributed by atoms with Crippen LogP contribution in [0.2, 0.25) is 0 Å². The van der Waals surface area contributed by atoms with Crippen LogP contribution >= 0.6 is 11.3 Å². The molecule has 0 aromatic carbocycles. The lowest BCUT2D eigenvalue weighted by molar-refractivity contribution is 0.0939. The van der Waals surface area contributed by atoms with Gasteiger partial charge < -0.3 is 5.32 Å². The second-order valence-electron chi connectivity index (χ2n) is 2.96. The summed E-state index contributed by atoms with van der Waals surface area (Å²) in [4.78, 5) is 12.3. The minimum atomic E-state index is 0.0590. The molecule has 0 saturated carbocycles. The molecule has 0 radical (unpaired) electrons. The van der Waals surface area contributed by atoms with E-state index < -0.39 is 0 Å². The first-order valence-electron chi connectivity index (χ1n) is 4.62. The molecule has 0 fully saturated rings. The van der Waals surface area contributed by atoms with Gasteiger partial charge in [0, 0.05) is 6.04 Å². The third-order valence-corrected chi connectivity index (χ3v) is 2.93. The van der Waals surface area contributed by atoms with E-state index in [2.05, 4.69) is 19.2 Å². The van der Waals surface area contributed by atoms with E-state index in [-0.39, 0.29) is 5.91 Å². The van der Waals surface area contributed by atoms with E-state index in [4.69, 9.17) is 0 Å². The van der Waals surface area contributed by atoms with Crippen LogP contribution in [-0.4, -0.2) is 11.9 Å². The molecule has 0 aliphatic carbocycles. The van der Waals surface area contributed by atoms with Gasteiger partial charge in [0.05, 0.1) is 4.88 Å². The molecule has 1 aromatic heterocycles. The Morgan fingerprint density at radius 3 is 2.69 bits per heavy atom. The van der Waals surface area contributed by atoms with Crippen molar-refractivity contribution in [3.05, 3.63) is 22.4 Å². The van der Waals surface area contributed by atoms with Gasteiger partial charge in [-0.05, 0) is 24.3 Å². The molecule has 3 heteroatoms. The Hall–Kier alpha value is -0.830. The Labute approximate surface area is 83.0 Å². The van der Waals surface area contributed by atoms with Crippen LogP contribution in [0.1, 0.15) is 36.4 Å². The molecule has 1 aromatic rings. The van der Waals surface area contributed by atoms with E-state index in [1.807, 2.05) is 17.5 Å². The fraction of sp³-hybridized carbons (Fsp3) is 0.500. The predicted molar refractivity (Wildman–Crippen MR) is 56.2 cm³/mol. The highest BCUT2D eigenvalue weighted by Crippen LogP contribution is 2.09. The van der Waals surface area contributed by atoms with Gasteiger partial charge >= 0.3 is 0 Å². The standard InChI is InChI=1S/C10H15NOS/c1-3-8(4-2)11-10(12)9-6-5-7-13-9/h5-8H,3-4H2,1-2H3,(H,11,12). The van der Waals surface area contributed by atoms with Crippen molar-refractivity contribution in [2.45, 2.75) is 32.7 Å².